The smallest absolute Gasteiger partial charge is 0.220 e. The van der Waals surface area contributed by atoms with Gasteiger partial charge in [0.25, 0.3) is 0 Å². The van der Waals surface area contributed by atoms with Gasteiger partial charge in [0.1, 0.15) is 11.6 Å². The van der Waals surface area contributed by atoms with Crippen molar-refractivity contribution in [2.75, 3.05) is 58.3 Å². The summed E-state index contributed by atoms with van der Waals surface area (Å²) in [6.45, 7) is 8.96. The number of fused-ring (bicyclic) bond motifs is 1. The number of carbonyl (C=O) groups excluding carboxylic acids is 1. The number of nitrogens with zero attached hydrogens (tertiary/aromatic N) is 7. The second-order valence-corrected chi connectivity index (χ2v) is 10.3. The number of anilines is 1. The predicted octanol–water partition coefficient (Wildman–Crippen LogP) is 2.75. The maximum atomic E-state index is 12.7. The predicted molar refractivity (Wildman–Crippen MR) is 157 cm³/mol. The highest BCUT2D eigenvalue weighted by Crippen LogP contribution is 2.21. The van der Waals surface area contributed by atoms with Crippen LogP contribution in [0.15, 0.2) is 30.3 Å². The molecule has 2 aromatic heterocycles. The standard InChI is InChI=1S/C27H38N8O2.2ClH/c1-20-18-23(37-3)5-4-21(20)19-33-12-10-22(11-13-33)28-27(36)9-8-25-30-29-24-6-7-26(31-35(24)25)34-16-14-32(2)15-17-34;;/h4-7,18,22H,8-17,19H2,1-3H3,(H,28,36);2*1H. The van der Waals surface area contributed by atoms with Crippen molar-refractivity contribution in [1.82, 2.24) is 34.9 Å². The minimum absolute atomic E-state index is 0. The van der Waals surface area contributed by atoms with E-state index in [1.165, 1.54) is 11.1 Å². The Bertz CT molecular complexity index is 1220. The largest absolute Gasteiger partial charge is 0.497 e. The minimum atomic E-state index is 0. The van der Waals surface area contributed by atoms with E-state index < -0.39 is 0 Å². The van der Waals surface area contributed by atoms with Crippen LogP contribution in [0.2, 0.25) is 0 Å². The number of piperidine rings is 1. The molecular formula is C27H40Cl2N8O2. The minimum Gasteiger partial charge on any atom is -0.497 e. The van der Waals surface area contributed by atoms with E-state index in [1.807, 2.05) is 18.2 Å². The van der Waals surface area contributed by atoms with Gasteiger partial charge in [0, 0.05) is 64.7 Å². The number of hydrogen-bond donors (Lipinski definition) is 1. The molecule has 2 aliphatic rings. The molecule has 1 aromatic carbocycles. The third-order valence-corrected chi connectivity index (χ3v) is 7.61. The van der Waals surface area contributed by atoms with Crippen molar-refractivity contribution >= 4 is 42.2 Å². The number of methoxy groups -OCH3 is 1. The Balaban J connectivity index is 0.00000210. The molecule has 39 heavy (non-hydrogen) atoms. The van der Waals surface area contributed by atoms with E-state index in [1.54, 1.807) is 11.6 Å². The van der Waals surface area contributed by atoms with Crippen LogP contribution in [-0.2, 0) is 17.8 Å². The summed E-state index contributed by atoms with van der Waals surface area (Å²) in [7, 11) is 3.84. The molecule has 2 aliphatic heterocycles. The van der Waals surface area contributed by atoms with Crippen LogP contribution in [0.4, 0.5) is 5.82 Å². The Morgan fingerprint density at radius 1 is 1.03 bits per heavy atom. The average molecular weight is 580 g/mol. The number of benzene rings is 1. The average Bonchev–Trinajstić information content (AvgIpc) is 3.32. The van der Waals surface area contributed by atoms with Crippen LogP contribution >= 0.6 is 24.8 Å². The Morgan fingerprint density at radius 2 is 1.77 bits per heavy atom. The molecule has 1 N–H and O–H groups in total. The molecule has 1 amide bonds. The molecule has 3 aromatic rings. The summed E-state index contributed by atoms with van der Waals surface area (Å²) in [6.07, 6.45) is 2.82. The zero-order valence-electron chi connectivity index (χ0n) is 23.0. The molecule has 4 heterocycles. The van der Waals surface area contributed by atoms with E-state index in [0.717, 1.165) is 76.0 Å². The Labute approximate surface area is 242 Å². The number of carbonyl (C=O) groups is 1. The Hall–Kier alpha value is -2.66. The number of rotatable bonds is 8. The maximum Gasteiger partial charge on any atom is 0.220 e. The summed E-state index contributed by atoms with van der Waals surface area (Å²) in [5.74, 6) is 2.62. The molecule has 0 radical (unpaired) electrons. The second kappa shape index (κ2) is 14.1. The number of likely N-dealkylation sites (N-methyl/N-ethyl adjacent to an activating group) is 1. The normalized spacial score (nSPS) is 16.9. The van der Waals surface area contributed by atoms with Gasteiger partial charge in [-0.2, -0.15) is 4.52 Å². The lowest BCUT2D eigenvalue weighted by atomic mass is 10.0. The molecule has 0 unspecified atom stereocenters. The van der Waals surface area contributed by atoms with E-state index in [2.05, 4.69) is 56.3 Å². The van der Waals surface area contributed by atoms with E-state index in [9.17, 15) is 4.79 Å². The van der Waals surface area contributed by atoms with Crippen LogP contribution in [0.1, 0.15) is 36.2 Å². The molecule has 2 fully saturated rings. The number of likely N-dealkylation sites (tertiary alicyclic amines) is 1. The Kier molecular flexibility index (Phi) is 11.2. The van der Waals surface area contributed by atoms with E-state index in [0.29, 0.717) is 18.5 Å². The summed E-state index contributed by atoms with van der Waals surface area (Å²) in [5, 5.41) is 16.6. The SMILES string of the molecule is COc1ccc(CN2CCC(NC(=O)CCc3nnc4ccc(N5CCN(C)CC5)nn34)CC2)c(C)c1.Cl.Cl. The van der Waals surface area contributed by atoms with Crippen LogP contribution in [0.3, 0.4) is 0 Å². The molecule has 0 saturated carbocycles. The number of amides is 1. The lowest BCUT2D eigenvalue weighted by Crippen LogP contribution is -2.45. The van der Waals surface area contributed by atoms with E-state index in [-0.39, 0.29) is 36.8 Å². The summed E-state index contributed by atoms with van der Waals surface area (Å²) in [4.78, 5) is 19.8. The van der Waals surface area contributed by atoms with Crippen molar-refractivity contribution in [1.29, 1.82) is 0 Å². The molecule has 0 aliphatic carbocycles. The van der Waals surface area contributed by atoms with Gasteiger partial charge in [-0.05, 0) is 62.2 Å². The molecule has 0 spiro atoms. The fourth-order valence-corrected chi connectivity index (χ4v) is 5.16. The molecule has 12 heteroatoms. The quantitative estimate of drug-likeness (QED) is 0.436. The summed E-state index contributed by atoms with van der Waals surface area (Å²) < 4.78 is 7.11. The zero-order chi connectivity index (χ0) is 25.8. The van der Waals surface area contributed by atoms with Gasteiger partial charge in [0.05, 0.1) is 7.11 Å². The molecule has 0 bridgehead atoms. The van der Waals surface area contributed by atoms with Crippen LogP contribution in [0.25, 0.3) is 5.65 Å². The molecule has 10 nitrogen and oxygen atoms in total. The lowest BCUT2D eigenvalue weighted by Gasteiger charge is -2.33. The monoisotopic (exact) mass is 578 g/mol. The number of ether oxygens (including phenoxy) is 1. The van der Waals surface area contributed by atoms with Gasteiger partial charge in [0.2, 0.25) is 5.91 Å². The van der Waals surface area contributed by atoms with Crippen molar-refractivity contribution in [3.8, 4) is 5.75 Å². The number of hydrogen-bond acceptors (Lipinski definition) is 8. The summed E-state index contributed by atoms with van der Waals surface area (Å²) in [6, 6.07) is 10.4. The van der Waals surface area contributed by atoms with Gasteiger partial charge in [0.15, 0.2) is 11.5 Å². The summed E-state index contributed by atoms with van der Waals surface area (Å²) in [5.41, 5.74) is 3.29. The van der Waals surface area contributed by atoms with Gasteiger partial charge in [-0.25, -0.2) is 0 Å². The van der Waals surface area contributed by atoms with E-state index in [4.69, 9.17) is 9.84 Å². The first-order valence-electron chi connectivity index (χ1n) is 13.3. The van der Waals surface area contributed by atoms with Crippen molar-refractivity contribution in [2.45, 2.75) is 45.2 Å². The van der Waals surface area contributed by atoms with Crippen LogP contribution < -0.4 is 15.0 Å². The number of halogens is 2. The Morgan fingerprint density at radius 3 is 2.46 bits per heavy atom. The fourth-order valence-electron chi connectivity index (χ4n) is 5.16. The first kappa shape index (κ1) is 30.9. The van der Waals surface area contributed by atoms with Gasteiger partial charge >= 0.3 is 0 Å². The molecule has 2 saturated heterocycles. The highest BCUT2D eigenvalue weighted by Gasteiger charge is 2.22. The maximum absolute atomic E-state index is 12.7. The molecule has 5 rings (SSSR count). The highest BCUT2D eigenvalue weighted by molar-refractivity contribution is 5.85. The molecule has 214 valence electrons. The van der Waals surface area contributed by atoms with Crippen molar-refractivity contribution in [3.63, 3.8) is 0 Å². The second-order valence-electron chi connectivity index (χ2n) is 10.3. The molecular weight excluding hydrogens is 539 g/mol. The zero-order valence-corrected chi connectivity index (χ0v) is 24.6. The van der Waals surface area contributed by atoms with E-state index >= 15 is 0 Å². The van der Waals surface area contributed by atoms with Crippen molar-refractivity contribution in [3.05, 3.63) is 47.3 Å². The first-order chi connectivity index (χ1) is 18.0. The van der Waals surface area contributed by atoms with Crippen molar-refractivity contribution < 1.29 is 9.53 Å². The highest BCUT2D eigenvalue weighted by atomic mass is 35.5. The number of aryl methyl sites for hydroxylation is 2. The van der Waals surface area contributed by atoms with Gasteiger partial charge < -0.3 is 19.9 Å². The fraction of sp³-hybridized carbons (Fsp3) is 0.556. The lowest BCUT2D eigenvalue weighted by molar-refractivity contribution is -0.122. The van der Waals surface area contributed by atoms with Gasteiger partial charge in [-0.15, -0.1) is 40.1 Å². The number of nitrogens with one attached hydrogen (secondary N) is 1. The van der Waals surface area contributed by atoms with Crippen LogP contribution in [0.5, 0.6) is 5.75 Å². The molecule has 0 atom stereocenters. The number of piperazine rings is 1. The van der Waals surface area contributed by atoms with Gasteiger partial charge in [-0.3, -0.25) is 9.69 Å². The summed E-state index contributed by atoms with van der Waals surface area (Å²) >= 11 is 0. The third-order valence-electron chi connectivity index (χ3n) is 7.61. The topological polar surface area (TPSA) is 91.1 Å². The van der Waals surface area contributed by atoms with Crippen LogP contribution in [-0.4, -0.2) is 95.0 Å². The van der Waals surface area contributed by atoms with Gasteiger partial charge in [-0.1, -0.05) is 6.07 Å². The van der Waals surface area contributed by atoms with Crippen LogP contribution in [0, 0.1) is 6.92 Å². The number of aromatic nitrogens is 4. The first-order valence-corrected chi connectivity index (χ1v) is 13.3. The third kappa shape index (κ3) is 7.72. The van der Waals surface area contributed by atoms with Crippen molar-refractivity contribution in [2.24, 2.45) is 0 Å².